The summed E-state index contributed by atoms with van der Waals surface area (Å²) >= 11 is 1.45. The number of hydrogen-bond acceptors (Lipinski definition) is 4. The zero-order valence-corrected chi connectivity index (χ0v) is 18.3. The molecule has 1 aliphatic heterocycles. The van der Waals surface area contributed by atoms with E-state index < -0.39 is 0 Å². The molecule has 0 saturated heterocycles. The van der Waals surface area contributed by atoms with Gasteiger partial charge in [-0.15, -0.1) is 11.3 Å². The Kier molecular flexibility index (Phi) is 5.31. The molecule has 1 N–H and O–H groups in total. The Balaban J connectivity index is 1.75. The van der Waals surface area contributed by atoms with E-state index in [2.05, 4.69) is 19.2 Å². The molecule has 2 heterocycles. The second-order valence-electron chi connectivity index (χ2n) is 7.84. The number of benzene rings is 2. The highest BCUT2D eigenvalue weighted by atomic mass is 32.1. The smallest absolute Gasteiger partial charge is 0.282 e. The Bertz CT molecular complexity index is 1140. The number of rotatable bonds is 5. The molecule has 30 heavy (non-hydrogen) atoms. The average molecular weight is 417 g/mol. The van der Waals surface area contributed by atoms with E-state index in [0.717, 1.165) is 21.7 Å². The van der Waals surface area contributed by atoms with E-state index in [1.54, 1.807) is 0 Å². The molecule has 0 unspecified atom stereocenters. The lowest BCUT2D eigenvalue weighted by Gasteiger charge is -2.17. The highest BCUT2D eigenvalue weighted by molar-refractivity contribution is 7.11. The molecular weight excluding hydrogens is 392 g/mol. The topological polar surface area (TPSA) is 49.4 Å². The van der Waals surface area contributed by atoms with Crippen molar-refractivity contribution >= 4 is 40.1 Å². The number of anilines is 2. The summed E-state index contributed by atoms with van der Waals surface area (Å²) in [7, 11) is 0. The number of hydrogen-bond donors (Lipinski definition) is 1. The molecule has 5 heteroatoms. The van der Waals surface area contributed by atoms with Gasteiger partial charge in [-0.2, -0.15) is 0 Å². The van der Waals surface area contributed by atoms with Crippen LogP contribution in [0.1, 0.15) is 41.3 Å². The first-order valence-electron chi connectivity index (χ1n) is 9.98. The fourth-order valence-corrected chi connectivity index (χ4v) is 4.26. The van der Waals surface area contributed by atoms with Crippen molar-refractivity contribution in [2.45, 2.75) is 33.6 Å². The van der Waals surface area contributed by atoms with Crippen LogP contribution in [-0.2, 0) is 9.59 Å². The fraction of sp³-hybridized carbons (Fsp3) is 0.200. The molecule has 1 aliphatic rings. The molecular formula is C25H24N2O2S. The van der Waals surface area contributed by atoms with Gasteiger partial charge < -0.3 is 5.32 Å². The number of nitrogens with one attached hydrogen (secondary N) is 1. The van der Waals surface area contributed by atoms with Crippen LogP contribution in [0.3, 0.4) is 0 Å². The summed E-state index contributed by atoms with van der Waals surface area (Å²) < 4.78 is 0. The Morgan fingerprint density at radius 1 is 0.900 bits per heavy atom. The summed E-state index contributed by atoms with van der Waals surface area (Å²) in [5.74, 6) is -0.207. The van der Waals surface area contributed by atoms with Crippen molar-refractivity contribution in [2.75, 3.05) is 10.2 Å². The van der Waals surface area contributed by atoms with Gasteiger partial charge >= 0.3 is 0 Å². The Morgan fingerprint density at radius 3 is 2.23 bits per heavy atom. The van der Waals surface area contributed by atoms with Gasteiger partial charge in [-0.05, 0) is 72.2 Å². The van der Waals surface area contributed by atoms with Crippen LogP contribution in [0.25, 0.3) is 5.57 Å². The molecule has 0 fully saturated rings. The number of amides is 2. The van der Waals surface area contributed by atoms with Gasteiger partial charge in [0.1, 0.15) is 5.70 Å². The van der Waals surface area contributed by atoms with Crippen molar-refractivity contribution in [2.24, 2.45) is 0 Å². The van der Waals surface area contributed by atoms with Gasteiger partial charge in [0.25, 0.3) is 11.8 Å². The van der Waals surface area contributed by atoms with Crippen molar-refractivity contribution < 1.29 is 9.59 Å². The van der Waals surface area contributed by atoms with Crippen molar-refractivity contribution in [1.82, 2.24) is 0 Å². The third kappa shape index (κ3) is 3.57. The Labute approximate surface area is 180 Å². The van der Waals surface area contributed by atoms with Crippen LogP contribution in [-0.4, -0.2) is 11.8 Å². The van der Waals surface area contributed by atoms with Gasteiger partial charge in [-0.1, -0.05) is 38.1 Å². The number of aryl methyl sites for hydroxylation is 2. The van der Waals surface area contributed by atoms with Crippen LogP contribution in [0.4, 0.5) is 11.4 Å². The third-order valence-electron chi connectivity index (χ3n) is 5.45. The van der Waals surface area contributed by atoms with Crippen LogP contribution in [0, 0.1) is 13.8 Å². The molecule has 2 aromatic carbocycles. The molecule has 4 rings (SSSR count). The van der Waals surface area contributed by atoms with Crippen LogP contribution in [0.15, 0.2) is 65.7 Å². The number of carbonyl (C=O) groups is 2. The second kappa shape index (κ2) is 7.92. The minimum atomic E-state index is -0.334. The van der Waals surface area contributed by atoms with Crippen molar-refractivity contribution in [1.29, 1.82) is 0 Å². The van der Waals surface area contributed by atoms with Crippen LogP contribution in [0.2, 0.25) is 0 Å². The minimum absolute atomic E-state index is 0.299. The highest BCUT2D eigenvalue weighted by Crippen LogP contribution is 2.36. The molecule has 0 aliphatic carbocycles. The van der Waals surface area contributed by atoms with E-state index in [4.69, 9.17) is 0 Å². The normalized spacial score (nSPS) is 14.2. The molecule has 0 atom stereocenters. The lowest BCUT2D eigenvalue weighted by molar-refractivity contribution is -0.120. The number of carbonyl (C=O) groups excluding carboxylic acids is 2. The van der Waals surface area contributed by atoms with E-state index in [0.29, 0.717) is 22.9 Å². The van der Waals surface area contributed by atoms with Gasteiger partial charge in [-0.25, -0.2) is 4.90 Å². The van der Waals surface area contributed by atoms with E-state index in [-0.39, 0.29) is 11.8 Å². The summed E-state index contributed by atoms with van der Waals surface area (Å²) in [5.41, 5.74) is 5.49. The number of imide groups is 1. The molecule has 2 amide bonds. The lowest BCUT2D eigenvalue weighted by Crippen LogP contribution is -2.32. The van der Waals surface area contributed by atoms with E-state index >= 15 is 0 Å². The molecule has 3 aromatic rings. The third-order valence-corrected chi connectivity index (χ3v) is 6.33. The van der Waals surface area contributed by atoms with Gasteiger partial charge in [0, 0.05) is 10.6 Å². The summed E-state index contributed by atoms with van der Waals surface area (Å²) in [4.78, 5) is 28.8. The Morgan fingerprint density at radius 2 is 1.63 bits per heavy atom. The summed E-state index contributed by atoms with van der Waals surface area (Å²) in [6, 6.07) is 17.4. The minimum Gasteiger partial charge on any atom is -0.350 e. The standard InChI is InChI=1S/C25H24N2O2S/c1-15(2)18-8-10-19(11-9-18)26-23-22(21-6-5-13-30-21)24(28)27(25(23)29)20-12-7-16(3)17(4)14-20/h5-15,26H,1-4H3. The largest absolute Gasteiger partial charge is 0.350 e. The number of nitrogens with zero attached hydrogens (tertiary/aromatic N) is 1. The molecule has 0 bridgehead atoms. The summed E-state index contributed by atoms with van der Waals surface area (Å²) in [6.07, 6.45) is 0. The summed E-state index contributed by atoms with van der Waals surface area (Å²) in [6.45, 7) is 8.27. The zero-order chi connectivity index (χ0) is 21.4. The average Bonchev–Trinajstić information content (AvgIpc) is 3.32. The van der Waals surface area contributed by atoms with Crippen molar-refractivity contribution in [3.05, 3.63) is 87.2 Å². The zero-order valence-electron chi connectivity index (χ0n) is 17.5. The summed E-state index contributed by atoms with van der Waals surface area (Å²) in [5, 5.41) is 5.14. The molecule has 0 spiro atoms. The number of thiophene rings is 1. The lowest BCUT2D eigenvalue weighted by atomic mass is 10.0. The van der Waals surface area contributed by atoms with E-state index in [1.807, 2.05) is 73.8 Å². The predicted octanol–water partition coefficient (Wildman–Crippen LogP) is 5.88. The second-order valence-corrected chi connectivity index (χ2v) is 8.79. The van der Waals surface area contributed by atoms with Crippen LogP contribution < -0.4 is 10.2 Å². The van der Waals surface area contributed by atoms with Gasteiger partial charge in [-0.3, -0.25) is 9.59 Å². The molecule has 1 aromatic heterocycles. The SMILES string of the molecule is Cc1ccc(N2C(=O)C(Nc3ccc(C(C)C)cc3)=C(c3cccs3)C2=O)cc1C. The first-order valence-corrected chi connectivity index (χ1v) is 10.9. The maximum absolute atomic E-state index is 13.4. The monoisotopic (exact) mass is 416 g/mol. The highest BCUT2D eigenvalue weighted by Gasteiger charge is 2.40. The van der Waals surface area contributed by atoms with Gasteiger partial charge in [0.15, 0.2) is 0 Å². The molecule has 152 valence electrons. The molecule has 4 nitrogen and oxygen atoms in total. The van der Waals surface area contributed by atoms with Crippen LogP contribution >= 0.6 is 11.3 Å². The maximum Gasteiger partial charge on any atom is 0.282 e. The van der Waals surface area contributed by atoms with Crippen molar-refractivity contribution in [3.8, 4) is 0 Å². The first kappa shape index (κ1) is 20.1. The molecule has 0 saturated carbocycles. The fourth-order valence-electron chi connectivity index (χ4n) is 3.49. The quantitative estimate of drug-likeness (QED) is 0.528. The van der Waals surface area contributed by atoms with E-state index in [9.17, 15) is 9.59 Å². The van der Waals surface area contributed by atoms with Gasteiger partial charge in [0.05, 0.1) is 11.3 Å². The first-order chi connectivity index (χ1) is 14.4. The predicted molar refractivity (Wildman–Crippen MR) is 124 cm³/mol. The van der Waals surface area contributed by atoms with E-state index in [1.165, 1.54) is 21.8 Å². The molecule has 0 radical (unpaired) electrons. The van der Waals surface area contributed by atoms with Crippen LogP contribution in [0.5, 0.6) is 0 Å². The maximum atomic E-state index is 13.4. The van der Waals surface area contributed by atoms with Crippen molar-refractivity contribution in [3.63, 3.8) is 0 Å². The van der Waals surface area contributed by atoms with Gasteiger partial charge in [0.2, 0.25) is 0 Å². The Hall–Kier alpha value is -3.18.